The molecule has 1 aromatic carbocycles. The normalized spacial score (nSPS) is 11.7. The SMILES string of the molecule is COc1cc(Cl)c(OC)c2c(=O)cc(C(F)(F)F)[nH]c12. The van der Waals surface area contributed by atoms with Crippen molar-refractivity contribution in [1.82, 2.24) is 4.98 Å². The second-order valence-corrected chi connectivity index (χ2v) is 4.30. The van der Waals surface area contributed by atoms with Crippen LogP contribution in [0.2, 0.25) is 5.02 Å². The predicted molar refractivity (Wildman–Crippen MR) is 67.7 cm³/mol. The molecule has 0 aliphatic heterocycles. The van der Waals surface area contributed by atoms with E-state index in [0.717, 1.165) is 0 Å². The Morgan fingerprint density at radius 3 is 2.35 bits per heavy atom. The van der Waals surface area contributed by atoms with Gasteiger partial charge in [-0.25, -0.2) is 0 Å². The molecule has 0 fully saturated rings. The fourth-order valence-corrected chi connectivity index (χ4v) is 2.13. The van der Waals surface area contributed by atoms with Crippen LogP contribution in [0.15, 0.2) is 16.9 Å². The molecule has 0 bridgehead atoms. The van der Waals surface area contributed by atoms with Crippen molar-refractivity contribution in [3.8, 4) is 11.5 Å². The van der Waals surface area contributed by atoms with Gasteiger partial charge in [0.1, 0.15) is 11.4 Å². The molecule has 0 spiro atoms. The van der Waals surface area contributed by atoms with Gasteiger partial charge in [0, 0.05) is 12.1 Å². The van der Waals surface area contributed by atoms with E-state index >= 15 is 0 Å². The molecular weight excluding hydrogens is 299 g/mol. The number of H-pyrrole nitrogens is 1. The van der Waals surface area contributed by atoms with E-state index in [1.54, 1.807) is 0 Å². The highest BCUT2D eigenvalue weighted by Crippen LogP contribution is 2.38. The number of fused-ring (bicyclic) bond motifs is 1. The van der Waals surface area contributed by atoms with Crippen LogP contribution in [0, 0.1) is 0 Å². The predicted octanol–water partition coefficient (Wildman–Crippen LogP) is 3.22. The van der Waals surface area contributed by atoms with Crippen molar-refractivity contribution < 1.29 is 22.6 Å². The molecule has 0 saturated carbocycles. The van der Waals surface area contributed by atoms with E-state index in [0.29, 0.717) is 6.07 Å². The van der Waals surface area contributed by atoms with Crippen molar-refractivity contribution >= 4 is 22.5 Å². The summed E-state index contributed by atoms with van der Waals surface area (Å²) in [6.07, 6.45) is -4.68. The first kappa shape index (κ1) is 14.5. The standard InChI is InChI=1S/C12H9ClF3NO3/c1-19-7-3-5(13)11(20-2)9-6(18)4-8(12(14,15)16)17-10(7)9/h3-4H,1-2H3,(H,17,18). The first-order valence-electron chi connectivity index (χ1n) is 5.34. The summed E-state index contributed by atoms with van der Waals surface area (Å²) in [5, 5.41) is -0.0213. The van der Waals surface area contributed by atoms with Crippen LogP contribution in [0.25, 0.3) is 10.9 Å². The molecule has 4 nitrogen and oxygen atoms in total. The van der Waals surface area contributed by atoms with Crippen LogP contribution in [0.5, 0.6) is 11.5 Å². The van der Waals surface area contributed by atoms with Crippen molar-refractivity contribution in [3.05, 3.63) is 33.1 Å². The minimum Gasteiger partial charge on any atom is -0.494 e. The minimum atomic E-state index is -4.68. The third kappa shape index (κ3) is 2.29. The second-order valence-electron chi connectivity index (χ2n) is 3.89. The molecule has 20 heavy (non-hydrogen) atoms. The van der Waals surface area contributed by atoms with Crippen LogP contribution in [0.3, 0.4) is 0 Å². The topological polar surface area (TPSA) is 51.3 Å². The third-order valence-corrected chi connectivity index (χ3v) is 2.99. The van der Waals surface area contributed by atoms with Crippen LogP contribution in [-0.2, 0) is 6.18 Å². The molecule has 0 amide bonds. The van der Waals surface area contributed by atoms with E-state index < -0.39 is 17.3 Å². The number of pyridine rings is 1. The van der Waals surface area contributed by atoms with Crippen molar-refractivity contribution in [3.63, 3.8) is 0 Å². The van der Waals surface area contributed by atoms with Gasteiger partial charge in [-0.1, -0.05) is 11.6 Å². The summed E-state index contributed by atoms with van der Waals surface area (Å²) in [5.41, 5.74) is -2.14. The Bertz CT molecular complexity index is 724. The smallest absolute Gasteiger partial charge is 0.431 e. The van der Waals surface area contributed by atoms with Crippen molar-refractivity contribution in [2.75, 3.05) is 14.2 Å². The summed E-state index contributed by atoms with van der Waals surface area (Å²) in [4.78, 5) is 14.1. The molecule has 0 atom stereocenters. The average Bonchev–Trinajstić information content (AvgIpc) is 2.37. The quantitative estimate of drug-likeness (QED) is 0.927. The van der Waals surface area contributed by atoms with E-state index in [1.807, 2.05) is 0 Å². The summed E-state index contributed by atoms with van der Waals surface area (Å²) in [6.45, 7) is 0. The number of nitrogens with one attached hydrogen (secondary N) is 1. The second kappa shape index (κ2) is 4.90. The van der Waals surface area contributed by atoms with Gasteiger partial charge >= 0.3 is 6.18 Å². The molecule has 8 heteroatoms. The van der Waals surface area contributed by atoms with E-state index in [-0.39, 0.29) is 27.4 Å². The Balaban J connectivity index is 2.96. The number of aromatic amines is 1. The Labute approximate surface area is 116 Å². The first-order chi connectivity index (χ1) is 9.29. The van der Waals surface area contributed by atoms with E-state index in [2.05, 4.69) is 4.98 Å². The molecule has 108 valence electrons. The summed E-state index contributed by atoms with van der Waals surface area (Å²) in [6, 6.07) is 1.74. The molecule has 0 aliphatic rings. The van der Waals surface area contributed by atoms with Gasteiger partial charge in [-0.15, -0.1) is 0 Å². The van der Waals surface area contributed by atoms with E-state index in [4.69, 9.17) is 21.1 Å². The summed E-state index contributed by atoms with van der Waals surface area (Å²) < 4.78 is 48.1. The molecule has 0 saturated heterocycles. The number of halogens is 4. The van der Waals surface area contributed by atoms with Gasteiger partial charge in [0.2, 0.25) is 0 Å². The number of alkyl halides is 3. The highest BCUT2D eigenvalue weighted by Gasteiger charge is 2.33. The Kier molecular flexibility index (Phi) is 3.56. The fourth-order valence-electron chi connectivity index (χ4n) is 1.86. The van der Waals surface area contributed by atoms with Crippen LogP contribution < -0.4 is 14.9 Å². The van der Waals surface area contributed by atoms with Crippen LogP contribution in [-0.4, -0.2) is 19.2 Å². The number of hydrogen-bond donors (Lipinski definition) is 1. The molecule has 2 rings (SSSR count). The third-order valence-electron chi connectivity index (χ3n) is 2.71. The maximum Gasteiger partial charge on any atom is 0.431 e. The van der Waals surface area contributed by atoms with Gasteiger partial charge in [-0.05, 0) is 0 Å². The Morgan fingerprint density at radius 1 is 1.20 bits per heavy atom. The van der Waals surface area contributed by atoms with Crippen LogP contribution >= 0.6 is 11.6 Å². The zero-order valence-electron chi connectivity index (χ0n) is 10.4. The van der Waals surface area contributed by atoms with Crippen LogP contribution in [0.4, 0.5) is 13.2 Å². The number of ether oxygens (including phenoxy) is 2. The number of hydrogen-bond acceptors (Lipinski definition) is 3. The lowest BCUT2D eigenvalue weighted by Crippen LogP contribution is -2.15. The Hall–Kier alpha value is -1.89. The van der Waals surface area contributed by atoms with E-state index in [9.17, 15) is 18.0 Å². The minimum absolute atomic E-state index is 0.00237. The molecule has 1 heterocycles. The molecule has 0 unspecified atom stereocenters. The Morgan fingerprint density at radius 2 is 1.85 bits per heavy atom. The van der Waals surface area contributed by atoms with Crippen molar-refractivity contribution in [2.45, 2.75) is 6.18 Å². The molecule has 1 aromatic heterocycles. The molecule has 0 radical (unpaired) electrons. The van der Waals surface area contributed by atoms with Gasteiger partial charge < -0.3 is 14.5 Å². The number of aromatic nitrogens is 1. The van der Waals surface area contributed by atoms with Gasteiger partial charge in [-0.3, -0.25) is 4.79 Å². The van der Waals surface area contributed by atoms with Gasteiger partial charge in [0.25, 0.3) is 0 Å². The number of methoxy groups -OCH3 is 2. The van der Waals surface area contributed by atoms with Crippen molar-refractivity contribution in [2.24, 2.45) is 0 Å². The summed E-state index contributed by atoms with van der Waals surface area (Å²) in [5.74, 6) is 0.0199. The fraction of sp³-hybridized carbons (Fsp3) is 0.250. The van der Waals surface area contributed by atoms with Gasteiger partial charge in [-0.2, -0.15) is 13.2 Å². The van der Waals surface area contributed by atoms with Crippen molar-refractivity contribution in [1.29, 1.82) is 0 Å². The monoisotopic (exact) mass is 307 g/mol. The maximum atomic E-state index is 12.7. The number of rotatable bonds is 2. The highest BCUT2D eigenvalue weighted by atomic mass is 35.5. The molecule has 1 N–H and O–H groups in total. The lowest BCUT2D eigenvalue weighted by molar-refractivity contribution is -0.141. The molecular formula is C12H9ClF3NO3. The summed E-state index contributed by atoms with van der Waals surface area (Å²) in [7, 11) is 2.53. The highest BCUT2D eigenvalue weighted by molar-refractivity contribution is 6.33. The zero-order valence-corrected chi connectivity index (χ0v) is 11.1. The molecule has 2 aromatic rings. The lowest BCUT2D eigenvalue weighted by Gasteiger charge is -2.13. The molecule has 0 aliphatic carbocycles. The largest absolute Gasteiger partial charge is 0.494 e. The van der Waals surface area contributed by atoms with Gasteiger partial charge in [0.05, 0.1) is 30.1 Å². The zero-order chi connectivity index (χ0) is 15.1. The van der Waals surface area contributed by atoms with Crippen LogP contribution in [0.1, 0.15) is 5.69 Å². The average molecular weight is 308 g/mol. The first-order valence-corrected chi connectivity index (χ1v) is 5.72. The summed E-state index contributed by atoms with van der Waals surface area (Å²) >= 11 is 5.91. The van der Waals surface area contributed by atoms with Gasteiger partial charge in [0.15, 0.2) is 11.2 Å². The number of benzene rings is 1. The van der Waals surface area contributed by atoms with E-state index in [1.165, 1.54) is 20.3 Å². The maximum absolute atomic E-state index is 12.7. The lowest BCUT2D eigenvalue weighted by atomic mass is 10.1.